The van der Waals surface area contributed by atoms with Gasteiger partial charge in [0.05, 0.1) is 0 Å². The lowest BCUT2D eigenvalue weighted by molar-refractivity contribution is 0.899. The summed E-state index contributed by atoms with van der Waals surface area (Å²) in [5.41, 5.74) is 5.95. The number of allylic oxidation sites excluding steroid dienone is 8. The summed E-state index contributed by atoms with van der Waals surface area (Å²) in [6.45, 7) is 11.1. The van der Waals surface area contributed by atoms with E-state index in [2.05, 4.69) is 74.9 Å². The summed E-state index contributed by atoms with van der Waals surface area (Å²) in [5.74, 6) is 0. The molecule has 0 aliphatic carbocycles. The van der Waals surface area contributed by atoms with Gasteiger partial charge in [0.15, 0.2) is 0 Å². The maximum absolute atomic E-state index is 3.44. The normalized spacial score (nSPS) is 13.5. The van der Waals surface area contributed by atoms with Crippen molar-refractivity contribution in [2.75, 3.05) is 5.33 Å². The molecule has 0 bridgehead atoms. The van der Waals surface area contributed by atoms with Gasteiger partial charge in [-0.15, -0.1) is 0 Å². The van der Waals surface area contributed by atoms with Crippen LogP contribution in [0.1, 0.15) is 73.1 Å². The van der Waals surface area contributed by atoms with E-state index in [9.17, 15) is 0 Å². The average Bonchev–Trinajstić information content (AvgIpc) is 2.38. The fraction of sp³-hybridized carbons (Fsp3) is 0.600. The van der Waals surface area contributed by atoms with Gasteiger partial charge in [-0.25, -0.2) is 0 Å². The van der Waals surface area contributed by atoms with E-state index in [0.29, 0.717) is 0 Å². The van der Waals surface area contributed by atoms with Crippen LogP contribution in [0, 0.1) is 0 Å². The summed E-state index contributed by atoms with van der Waals surface area (Å²) in [4.78, 5) is 0. The Morgan fingerprint density at radius 2 is 1.00 bits per heavy atom. The van der Waals surface area contributed by atoms with Gasteiger partial charge in [-0.05, 0) is 73.1 Å². The highest BCUT2D eigenvalue weighted by molar-refractivity contribution is 9.09. The molecule has 0 saturated heterocycles. The minimum Gasteiger partial charge on any atom is -0.0883 e. The van der Waals surface area contributed by atoms with Crippen LogP contribution in [-0.4, -0.2) is 5.33 Å². The molecule has 0 radical (unpaired) electrons. The van der Waals surface area contributed by atoms with Crippen LogP contribution in [0.5, 0.6) is 0 Å². The lowest BCUT2D eigenvalue weighted by Gasteiger charge is -2.02. The Morgan fingerprint density at radius 3 is 1.38 bits per heavy atom. The van der Waals surface area contributed by atoms with Gasteiger partial charge in [-0.1, -0.05) is 62.5 Å². The van der Waals surface area contributed by atoms with Crippen LogP contribution in [0.3, 0.4) is 0 Å². The molecule has 1 heteroatoms. The van der Waals surface area contributed by atoms with E-state index in [1.807, 2.05) is 0 Å². The quantitative estimate of drug-likeness (QED) is 0.281. The van der Waals surface area contributed by atoms with Gasteiger partial charge in [0.1, 0.15) is 0 Å². The molecule has 0 aromatic heterocycles. The third-order valence-corrected chi connectivity index (χ3v) is 3.90. The predicted octanol–water partition coefficient (Wildman–Crippen LogP) is 7.53. The lowest BCUT2D eigenvalue weighted by Crippen LogP contribution is -1.82. The van der Waals surface area contributed by atoms with Gasteiger partial charge >= 0.3 is 0 Å². The monoisotopic (exact) mass is 352 g/mol. The Bertz CT molecular complexity index is 390. The van der Waals surface area contributed by atoms with Gasteiger partial charge in [0, 0.05) is 5.33 Å². The Morgan fingerprint density at radius 1 is 0.619 bits per heavy atom. The zero-order valence-electron chi connectivity index (χ0n) is 14.6. The summed E-state index contributed by atoms with van der Waals surface area (Å²) in [5, 5.41) is 0.971. The molecule has 0 saturated carbocycles. The van der Waals surface area contributed by atoms with Crippen LogP contribution in [0.25, 0.3) is 0 Å². The summed E-state index contributed by atoms with van der Waals surface area (Å²) >= 11 is 3.44. The molecule has 120 valence electrons. The molecule has 0 unspecified atom stereocenters. The van der Waals surface area contributed by atoms with E-state index in [0.717, 1.165) is 5.33 Å². The average molecular weight is 353 g/mol. The highest BCUT2D eigenvalue weighted by Crippen LogP contribution is 2.13. The molecule has 0 aliphatic rings. The fourth-order valence-electron chi connectivity index (χ4n) is 2.12. The van der Waals surface area contributed by atoms with Crippen molar-refractivity contribution in [3.63, 3.8) is 0 Å². The Labute approximate surface area is 141 Å². The molecule has 0 atom stereocenters. The molecule has 0 heterocycles. The number of halogens is 1. The van der Waals surface area contributed by atoms with E-state index < -0.39 is 0 Å². The first kappa shape index (κ1) is 20.4. The van der Waals surface area contributed by atoms with Crippen LogP contribution in [0.15, 0.2) is 46.6 Å². The summed E-state index contributed by atoms with van der Waals surface area (Å²) in [6.07, 6.45) is 16.5. The second-order valence-electron chi connectivity index (χ2n) is 6.20. The third-order valence-electron chi connectivity index (χ3n) is 3.58. The van der Waals surface area contributed by atoms with Crippen LogP contribution < -0.4 is 0 Å². The molecule has 21 heavy (non-hydrogen) atoms. The molecule has 0 aromatic carbocycles. The SMILES string of the molecule is CC(C)=CCC/C(C)=C/CCC(C)=CCC/C(C)=C/CBr. The van der Waals surface area contributed by atoms with Crippen molar-refractivity contribution >= 4 is 15.9 Å². The smallest absolute Gasteiger partial charge is 0.0214 e. The van der Waals surface area contributed by atoms with Crippen molar-refractivity contribution < 1.29 is 0 Å². The van der Waals surface area contributed by atoms with Crippen molar-refractivity contribution in [1.29, 1.82) is 0 Å². The first-order valence-electron chi connectivity index (χ1n) is 8.12. The summed E-state index contributed by atoms with van der Waals surface area (Å²) in [6, 6.07) is 0. The molecular weight excluding hydrogens is 320 g/mol. The third kappa shape index (κ3) is 14.2. The molecule has 0 fully saturated rings. The van der Waals surface area contributed by atoms with E-state index in [-0.39, 0.29) is 0 Å². The van der Waals surface area contributed by atoms with Crippen molar-refractivity contribution in [3.8, 4) is 0 Å². The zero-order chi connectivity index (χ0) is 16.1. The van der Waals surface area contributed by atoms with Gasteiger partial charge in [-0.2, -0.15) is 0 Å². The second kappa shape index (κ2) is 13.1. The maximum Gasteiger partial charge on any atom is 0.0214 e. The molecule has 0 rings (SSSR count). The highest BCUT2D eigenvalue weighted by Gasteiger charge is 1.93. The Kier molecular flexibility index (Phi) is 12.8. The van der Waals surface area contributed by atoms with Crippen LogP contribution in [0.4, 0.5) is 0 Å². The van der Waals surface area contributed by atoms with Crippen molar-refractivity contribution in [2.45, 2.75) is 73.1 Å². The molecule has 0 spiro atoms. The number of hydrogen-bond acceptors (Lipinski definition) is 0. The van der Waals surface area contributed by atoms with Crippen molar-refractivity contribution in [1.82, 2.24) is 0 Å². The molecule has 0 aromatic rings. The minimum absolute atomic E-state index is 0.971. The Balaban J connectivity index is 3.93. The van der Waals surface area contributed by atoms with Crippen LogP contribution in [0.2, 0.25) is 0 Å². The van der Waals surface area contributed by atoms with E-state index in [4.69, 9.17) is 0 Å². The standard InChI is InChI=1S/C20H33Br/c1-17(2)9-6-10-18(3)11-7-12-19(4)13-8-14-20(5)15-16-21/h9,11,13,15H,6-8,10,12,14,16H2,1-5H3/b18-11+,19-13?,20-15+. The first-order valence-corrected chi connectivity index (χ1v) is 9.24. The van der Waals surface area contributed by atoms with Gasteiger partial charge in [0.25, 0.3) is 0 Å². The van der Waals surface area contributed by atoms with Crippen molar-refractivity contribution in [2.24, 2.45) is 0 Å². The van der Waals surface area contributed by atoms with Gasteiger partial charge in [0.2, 0.25) is 0 Å². The predicted molar refractivity (Wildman–Crippen MR) is 102 cm³/mol. The molecular formula is C20H33Br. The number of rotatable bonds is 10. The second-order valence-corrected chi connectivity index (χ2v) is 6.85. The minimum atomic E-state index is 0.971. The number of alkyl halides is 1. The zero-order valence-corrected chi connectivity index (χ0v) is 16.2. The lowest BCUT2D eigenvalue weighted by atomic mass is 10.0. The van der Waals surface area contributed by atoms with E-state index >= 15 is 0 Å². The topological polar surface area (TPSA) is 0 Å². The molecule has 0 aliphatic heterocycles. The Hall–Kier alpha value is -0.560. The van der Waals surface area contributed by atoms with E-state index in [1.54, 1.807) is 0 Å². The summed E-state index contributed by atoms with van der Waals surface area (Å²) < 4.78 is 0. The molecule has 0 amide bonds. The summed E-state index contributed by atoms with van der Waals surface area (Å²) in [7, 11) is 0. The molecule has 0 nitrogen and oxygen atoms in total. The van der Waals surface area contributed by atoms with Gasteiger partial charge in [-0.3, -0.25) is 0 Å². The highest BCUT2D eigenvalue weighted by atomic mass is 79.9. The van der Waals surface area contributed by atoms with Crippen molar-refractivity contribution in [3.05, 3.63) is 46.6 Å². The number of hydrogen-bond donors (Lipinski definition) is 0. The van der Waals surface area contributed by atoms with Crippen LogP contribution in [-0.2, 0) is 0 Å². The van der Waals surface area contributed by atoms with Gasteiger partial charge < -0.3 is 0 Å². The fourth-order valence-corrected chi connectivity index (χ4v) is 2.67. The maximum atomic E-state index is 3.44. The van der Waals surface area contributed by atoms with Crippen LogP contribution >= 0.6 is 15.9 Å². The molecule has 0 N–H and O–H groups in total. The van der Waals surface area contributed by atoms with E-state index in [1.165, 1.54) is 60.8 Å². The first-order chi connectivity index (χ1) is 9.95. The largest absolute Gasteiger partial charge is 0.0883 e.